The molecule has 0 bridgehead atoms. The topological polar surface area (TPSA) is 29.5 Å². The number of unbranched alkanes of at least 4 members (excludes halogenated alkanes) is 2. The van der Waals surface area contributed by atoms with Crippen molar-refractivity contribution in [3.05, 3.63) is 0 Å². The van der Waals surface area contributed by atoms with Crippen LogP contribution in [0.5, 0.6) is 0 Å². The first-order chi connectivity index (χ1) is 6.66. The molecule has 0 aliphatic rings. The molecule has 0 fully saturated rings. The number of aliphatic hydroxyl groups is 1. The van der Waals surface area contributed by atoms with Crippen molar-refractivity contribution in [2.24, 2.45) is 5.92 Å². The molecule has 0 amide bonds. The van der Waals surface area contributed by atoms with Crippen LogP contribution in [0.3, 0.4) is 0 Å². The molecule has 3 heteroatoms. The largest absolute Gasteiger partial charge is 0.393 e. The average Bonchev–Trinajstić information content (AvgIpc) is 2.15. The second kappa shape index (κ2) is 9.41. The zero-order valence-corrected chi connectivity index (χ0v) is 9.34. The molecular weight excluding hydrogens is 183 g/mol. The van der Waals surface area contributed by atoms with Crippen molar-refractivity contribution >= 4 is 0 Å². The Labute approximate surface area is 86.5 Å². The normalized spacial score (nSPS) is 13.5. The minimum atomic E-state index is -1.04. The van der Waals surface area contributed by atoms with Crippen LogP contribution < -0.4 is 0 Å². The van der Waals surface area contributed by atoms with E-state index in [1.807, 2.05) is 0 Å². The van der Waals surface area contributed by atoms with Gasteiger partial charge in [0.25, 0.3) is 0 Å². The van der Waals surface area contributed by atoms with Gasteiger partial charge in [-0.05, 0) is 18.8 Å². The van der Waals surface area contributed by atoms with Crippen LogP contribution in [0.15, 0.2) is 0 Å². The molecule has 0 aromatic rings. The third-order valence-electron chi connectivity index (χ3n) is 1.96. The minimum absolute atomic E-state index is 0.343. The third-order valence-corrected chi connectivity index (χ3v) is 1.96. The summed E-state index contributed by atoms with van der Waals surface area (Å²) in [7, 11) is 0. The van der Waals surface area contributed by atoms with Gasteiger partial charge in [-0.2, -0.15) is 0 Å². The van der Waals surface area contributed by atoms with Gasteiger partial charge in [0, 0.05) is 13.2 Å². The quantitative estimate of drug-likeness (QED) is 0.587. The fourth-order valence-electron chi connectivity index (χ4n) is 1.16. The van der Waals surface area contributed by atoms with E-state index in [9.17, 15) is 4.39 Å². The molecule has 0 aromatic carbocycles. The maximum absolute atomic E-state index is 12.5. The van der Waals surface area contributed by atoms with Gasteiger partial charge in [-0.15, -0.1) is 0 Å². The first kappa shape index (κ1) is 13.8. The van der Waals surface area contributed by atoms with E-state index in [0.29, 0.717) is 12.3 Å². The van der Waals surface area contributed by atoms with Crippen molar-refractivity contribution in [2.75, 3.05) is 19.8 Å². The summed E-state index contributed by atoms with van der Waals surface area (Å²) in [5, 5.41) is 8.44. The molecule has 0 rings (SSSR count). The molecule has 0 heterocycles. The summed E-state index contributed by atoms with van der Waals surface area (Å²) in [6.07, 6.45) is 2.25. The third kappa shape index (κ3) is 9.93. The number of hydrogen-bond acceptors (Lipinski definition) is 2. The molecule has 0 radical (unpaired) electrons. The van der Waals surface area contributed by atoms with Crippen LogP contribution in [0.25, 0.3) is 0 Å². The number of hydrogen-bond donors (Lipinski definition) is 1. The van der Waals surface area contributed by atoms with Crippen LogP contribution in [0, 0.1) is 5.92 Å². The Bertz CT molecular complexity index is 118. The smallest absolute Gasteiger partial charge is 0.123 e. The van der Waals surface area contributed by atoms with Crippen molar-refractivity contribution in [1.82, 2.24) is 0 Å². The number of rotatable bonds is 9. The summed E-state index contributed by atoms with van der Waals surface area (Å²) in [4.78, 5) is 0. The highest BCUT2D eigenvalue weighted by molar-refractivity contribution is 4.53. The zero-order valence-electron chi connectivity index (χ0n) is 9.34. The molecule has 1 N–H and O–H groups in total. The van der Waals surface area contributed by atoms with Gasteiger partial charge in [0.05, 0.1) is 6.61 Å². The monoisotopic (exact) mass is 206 g/mol. The number of halogens is 1. The summed E-state index contributed by atoms with van der Waals surface area (Å²) in [5.41, 5.74) is 0. The van der Waals surface area contributed by atoms with Gasteiger partial charge in [0.15, 0.2) is 0 Å². The van der Waals surface area contributed by atoms with Crippen LogP contribution in [0.4, 0.5) is 4.39 Å². The highest BCUT2D eigenvalue weighted by atomic mass is 19.1. The number of alkyl halides is 1. The number of ether oxygens (including phenoxy) is 1. The lowest BCUT2D eigenvalue weighted by molar-refractivity contribution is 0.105. The molecule has 1 atom stereocenters. The first-order valence-electron chi connectivity index (χ1n) is 5.49. The Balaban J connectivity index is 2.99. The van der Waals surface area contributed by atoms with E-state index in [4.69, 9.17) is 9.84 Å². The lowest BCUT2D eigenvalue weighted by Gasteiger charge is -2.07. The zero-order chi connectivity index (χ0) is 10.8. The molecule has 0 saturated carbocycles. The fourth-order valence-corrected chi connectivity index (χ4v) is 1.16. The van der Waals surface area contributed by atoms with Gasteiger partial charge >= 0.3 is 0 Å². The molecule has 14 heavy (non-hydrogen) atoms. The van der Waals surface area contributed by atoms with E-state index in [2.05, 4.69) is 13.8 Å². The molecule has 0 spiro atoms. The van der Waals surface area contributed by atoms with Gasteiger partial charge in [-0.1, -0.05) is 26.7 Å². The van der Waals surface area contributed by atoms with E-state index in [0.717, 1.165) is 32.5 Å². The van der Waals surface area contributed by atoms with Crippen LogP contribution in [0.1, 0.15) is 39.5 Å². The van der Waals surface area contributed by atoms with Crippen molar-refractivity contribution in [1.29, 1.82) is 0 Å². The van der Waals surface area contributed by atoms with Crippen LogP contribution in [-0.2, 0) is 4.74 Å². The molecule has 0 aliphatic carbocycles. The van der Waals surface area contributed by atoms with E-state index < -0.39 is 6.17 Å². The highest BCUT2D eigenvalue weighted by Gasteiger charge is 2.02. The van der Waals surface area contributed by atoms with E-state index in [-0.39, 0.29) is 6.61 Å². The Morgan fingerprint density at radius 2 is 1.93 bits per heavy atom. The Hall–Kier alpha value is -0.150. The number of aliphatic hydroxyl groups excluding tert-OH is 1. The molecule has 0 saturated heterocycles. The lowest BCUT2D eigenvalue weighted by Crippen LogP contribution is -2.06. The van der Waals surface area contributed by atoms with Crippen LogP contribution in [-0.4, -0.2) is 31.1 Å². The van der Waals surface area contributed by atoms with Gasteiger partial charge < -0.3 is 9.84 Å². The molecular formula is C11H23FO2. The Morgan fingerprint density at radius 1 is 1.21 bits per heavy atom. The second-order valence-electron chi connectivity index (χ2n) is 4.10. The van der Waals surface area contributed by atoms with Crippen molar-refractivity contribution in [2.45, 2.75) is 45.7 Å². The van der Waals surface area contributed by atoms with Crippen molar-refractivity contribution in [3.8, 4) is 0 Å². The Morgan fingerprint density at radius 3 is 2.50 bits per heavy atom. The molecule has 0 aliphatic heterocycles. The highest BCUT2D eigenvalue weighted by Crippen LogP contribution is 2.06. The predicted molar refractivity (Wildman–Crippen MR) is 56.1 cm³/mol. The van der Waals surface area contributed by atoms with E-state index in [1.165, 1.54) is 0 Å². The van der Waals surface area contributed by atoms with Crippen molar-refractivity contribution < 1.29 is 14.2 Å². The maximum Gasteiger partial charge on any atom is 0.123 e. The molecule has 2 nitrogen and oxygen atoms in total. The predicted octanol–water partition coefficient (Wildman–Crippen LogP) is 2.55. The molecule has 86 valence electrons. The Kier molecular flexibility index (Phi) is 9.31. The minimum Gasteiger partial charge on any atom is -0.393 e. The standard InChI is InChI=1S/C11H23FO2/c1-10(2)9-14-7-5-3-4-6-11(12)8-13/h10-11,13H,3-9H2,1-2H3. The second-order valence-corrected chi connectivity index (χ2v) is 4.10. The van der Waals surface area contributed by atoms with Crippen LogP contribution >= 0.6 is 0 Å². The molecule has 1 unspecified atom stereocenters. The molecule has 0 aromatic heterocycles. The summed E-state index contributed by atoms with van der Waals surface area (Å²) < 4.78 is 17.9. The summed E-state index contributed by atoms with van der Waals surface area (Å²) >= 11 is 0. The van der Waals surface area contributed by atoms with Gasteiger partial charge in [-0.3, -0.25) is 0 Å². The first-order valence-corrected chi connectivity index (χ1v) is 5.49. The summed E-state index contributed by atoms with van der Waals surface area (Å²) in [6.45, 7) is 5.48. The SMILES string of the molecule is CC(C)COCCCCCC(F)CO. The van der Waals surface area contributed by atoms with Gasteiger partial charge in [-0.25, -0.2) is 4.39 Å². The lowest BCUT2D eigenvalue weighted by atomic mass is 10.1. The van der Waals surface area contributed by atoms with Gasteiger partial charge in [0.1, 0.15) is 6.17 Å². The van der Waals surface area contributed by atoms with E-state index >= 15 is 0 Å². The van der Waals surface area contributed by atoms with Gasteiger partial charge in [0.2, 0.25) is 0 Å². The maximum atomic E-state index is 12.5. The fraction of sp³-hybridized carbons (Fsp3) is 1.00. The van der Waals surface area contributed by atoms with E-state index in [1.54, 1.807) is 0 Å². The summed E-state index contributed by atoms with van der Waals surface area (Å²) in [6, 6.07) is 0. The van der Waals surface area contributed by atoms with Crippen molar-refractivity contribution in [3.63, 3.8) is 0 Å². The average molecular weight is 206 g/mol. The summed E-state index contributed by atoms with van der Waals surface area (Å²) in [5.74, 6) is 0.583. The van der Waals surface area contributed by atoms with Crippen LogP contribution in [0.2, 0.25) is 0 Å².